The molecule has 1 amide bonds. The van der Waals surface area contributed by atoms with E-state index in [0.29, 0.717) is 28.8 Å². The van der Waals surface area contributed by atoms with E-state index in [9.17, 15) is 19.7 Å². The van der Waals surface area contributed by atoms with E-state index in [1.807, 2.05) is 26.0 Å². The van der Waals surface area contributed by atoms with Crippen molar-refractivity contribution in [2.45, 2.75) is 33.6 Å². The smallest absolute Gasteiger partial charge is 0.313 e. The summed E-state index contributed by atoms with van der Waals surface area (Å²) in [4.78, 5) is 42.4. The lowest BCUT2D eigenvalue weighted by Crippen LogP contribution is -2.21. The third-order valence-electron chi connectivity index (χ3n) is 7.24. The average molecular weight is 654 g/mol. The van der Waals surface area contributed by atoms with Gasteiger partial charge >= 0.3 is 5.69 Å². The van der Waals surface area contributed by atoms with Crippen LogP contribution in [0.15, 0.2) is 88.8 Å². The fourth-order valence-electron chi connectivity index (χ4n) is 5.01. The van der Waals surface area contributed by atoms with Crippen LogP contribution >= 0.6 is 11.6 Å². The normalized spacial score (nSPS) is 11.3. The number of hydrogen-bond acceptors (Lipinski definition) is 8. The maximum atomic E-state index is 13.8. The largest absolute Gasteiger partial charge is 0.494 e. The first-order valence-electron chi connectivity index (χ1n) is 14.9. The molecule has 1 heterocycles. The van der Waals surface area contributed by atoms with Gasteiger partial charge in [0.25, 0.3) is 11.5 Å². The number of carbonyl (C=O) groups excluding carboxylic acids is 1. The van der Waals surface area contributed by atoms with Crippen molar-refractivity contribution in [1.29, 1.82) is 0 Å². The van der Waals surface area contributed by atoms with Gasteiger partial charge < -0.3 is 14.8 Å². The van der Waals surface area contributed by atoms with Crippen molar-refractivity contribution in [3.63, 3.8) is 0 Å². The summed E-state index contributed by atoms with van der Waals surface area (Å²) in [6, 6.07) is 22.1. The quantitative estimate of drug-likeness (QED) is 0.0893. The Bertz CT molecular complexity index is 2060. The molecular formula is C35H32ClN5O6. The number of aryl methyl sites for hydroxylation is 1. The minimum Gasteiger partial charge on any atom is -0.494 e. The molecule has 1 N–H and O–H groups in total. The van der Waals surface area contributed by atoms with Gasteiger partial charge in [-0.1, -0.05) is 55.8 Å². The van der Waals surface area contributed by atoms with E-state index in [-0.39, 0.29) is 28.1 Å². The Morgan fingerprint density at radius 3 is 2.51 bits per heavy atom. The van der Waals surface area contributed by atoms with Crippen LogP contribution in [0, 0.1) is 17.0 Å². The summed E-state index contributed by atoms with van der Waals surface area (Å²) in [5.41, 5.74) is 2.81. The first kappa shape index (κ1) is 32.8. The van der Waals surface area contributed by atoms with Gasteiger partial charge in [0.2, 0.25) is 5.75 Å². The fourth-order valence-corrected chi connectivity index (χ4v) is 5.29. The Labute approximate surface area is 275 Å². The molecule has 5 aromatic rings. The Morgan fingerprint density at radius 1 is 1.09 bits per heavy atom. The highest BCUT2D eigenvalue weighted by Crippen LogP contribution is 2.37. The molecule has 0 spiro atoms. The van der Waals surface area contributed by atoms with Crippen molar-refractivity contribution in [3.05, 3.63) is 121 Å². The number of amides is 1. The number of nitrogens with one attached hydrogen (secondary N) is 1. The Kier molecular flexibility index (Phi) is 9.96. The van der Waals surface area contributed by atoms with E-state index in [4.69, 9.17) is 26.1 Å². The van der Waals surface area contributed by atoms with Gasteiger partial charge in [0, 0.05) is 22.9 Å². The third-order valence-corrected chi connectivity index (χ3v) is 7.52. The molecule has 4 aromatic carbocycles. The number of para-hydroxylation sites is 2. The molecule has 240 valence electrons. The topological polar surface area (TPSA) is 138 Å². The number of aromatic nitrogens is 2. The van der Waals surface area contributed by atoms with E-state index >= 15 is 0 Å². The highest BCUT2D eigenvalue weighted by atomic mass is 35.5. The summed E-state index contributed by atoms with van der Waals surface area (Å²) in [6.45, 7) is 7.92. The number of halogens is 1. The second kappa shape index (κ2) is 14.3. The van der Waals surface area contributed by atoms with Gasteiger partial charge in [-0.2, -0.15) is 9.78 Å². The van der Waals surface area contributed by atoms with E-state index in [1.54, 1.807) is 54.6 Å². The van der Waals surface area contributed by atoms with Crippen LogP contribution in [-0.4, -0.2) is 39.9 Å². The SMILES string of the molecule is CCOc1cc(C)c(-c2nc3ccccc3c(=O)n2N=Cc2cc(Cl)c(OCC(=O)Nc3ccccc3)c([N+](=O)[O-])c2)cc1C(C)C. The van der Waals surface area contributed by atoms with E-state index in [2.05, 4.69) is 24.3 Å². The molecule has 0 aliphatic carbocycles. The standard InChI is InChI=1S/C35H32ClN5O6/c1-5-46-31-15-22(4)27(18-26(31)21(2)3)34-39-29-14-10-9-13-25(29)35(43)40(34)37-19-23-16-28(36)33(30(17-23)41(44)45)47-20-32(42)38-24-11-7-6-8-12-24/h6-19,21H,5,20H2,1-4H3,(H,38,42). The van der Waals surface area contributed by atoms with Gasteiger partial charge in [-0.25, -0.2) is 4.98 Å². The van der Waals surface area contributed by atoms with Crippen LogP contribution in [0.1, 0.15) is 43.4 Å². The molecular weight excluding hydrogens is 622 g/mol. The molecule has 0 radical (unpaired) electrons. The summed E-state index contributed by atoms with van der Waals surface area (Å²) in [5.74, 6) is 0.371. The van der Waals surface area contributed by atoms with Crippen LogP contribution in [0.25, 0.3) is 22.3 Å². The predicted octanol–water partition coefficient (Wildman–Crippen LogP) is 7.36. The molecule has 11 nitrogen and oxygen atoms in total. The summed E-state index contributed by atoms with van der Waals surface area (Å²) in [7, 11) is 0. The van der Waals surface area contributed by atoms with Crippen LogP contribution in [-0.2, 0) is 4.79 Å². The molecule has 0 saturated carbocycles. The van der Waals surface area contributed by atoms with Crippen molar-refractivity contribution in [3.8, 4) is 22.9 Å². The van der Waals surface area contributed by atoms with E-state index < -0.39 is 28.7 Å². The average Bonchev–Trinajstić information content (AvgIpc) is 3.04. The molecule has 12 heteroatoms. The lowest BCUT2D eigenvalue weighted by molar-refractivity contribution is -0.385. The monoisotopic (exact) mass is 653 g/mol. The molecule has 5 rings (SSSR count). The highest BCUT2D eigenvalue weighted by molar-refractivity contribution is 6.32. The molecule has 1 aromatic heterocycles. The molecule has 0 aliphatic heterocycles. The van der Waals surface area contributed by atoms with Crippen LogP contribution in [0.5, 0.6) is 11.5 Å². The van der Waals surface area contributed by atoms with Crippen LogP contribution in [0.4, 0.5) is 11.4 Å². The second-order valence-corrected chi connectivity index (χ2v) is 11.3. The fraction of sp³-hybridized carbons (Fsp3) is 0.200. The van der Waals surface area contributed by atoms with Crippen LogP contribution in [0.3, 0.4) is 0 Å². The van der Waals surface area contributed by atoms with E-state index in [1.165, 1.54) is 23.0 Å². The summed E-state index contributed by atoms with van der Waals surface area (Å²) < 4.78 is 12.6. The maximum Gasteiger partial charge on any atom is 0.313 e. The van der Waals surface area contributed by atoms with Gasteiger partial charge in [-0.05, 0) is 73.4 Å². The first-order chi connectivity index (χ1) is 22.6. The van der Waals surface area contributed by atoms with Crippen molar-refractivity contribution < 1.29 is 19.2 Å². The molecule has 0 unspecified atom stereocenters. The highest BCUT2D eigenvalue weighted by Gasteiger charge is 2.22. The number of nitro benzene ring substituents is 1. The summed E-state index contributed by atoms with van der Waals surface area (Å²) in [6.07, 6.45) is 1.29. The lowest BCUT2D eigenvalue weighted by atomic mass is 9.96. The van der Waals surface area contributed by atoms with Crippen LogP contribution < -0.4 is 20.3 Å². The molecule has 0 fully saturated rings. The van der Waals surface area contributed by atoms with Crippen molar-refractivity contribution in [2.24, 2.45) is 5.10 Å². The molecule has 0 atom stereocenters. The first-order valence-corrected chi connectivity index (χ1v) is 15.2. The minimum absolute atomic E-state index is 0.110. The number of carbonyl (C=O) groups is 1. The predicted molar refractivity (Wildman–Crippen MR) is 183 cm³/mol. The van der Waals surface area contributed by atoms with Gasteiger partial charge in [-0.15, -0.1) is 0 Å². The van der Waals surface area contributed by atoms with Crippen LogP contribution in [0.2, 0.25) is 5.02 Å². The lowest BCUT2D eigenvalue weighted by Gasteiger charge is -2.18. The zero-order valence-electron chi connectivity index (χ0n) is 26.2. The number of benzene rings is 4. The maximum absolute atomic E-state index is 13.8. The van der Waals surface area contributed by atoms with Crippen molar-refractivity contribution >= 4 is 46.0 Å². The van der Waals surface area contributed by atoms with Gasteiger partial charge in [0.15, 0.2) is 12.4 Å². The molecule has 0 saturated heterocycles. The number of rotatable bonds is 11. The van der Waals surface area contributed by atoms with Gasteiger partial charge in [0.05, 0.1) is 33.7 Å². The number of fused-ring (bicyclic) bond motifs is 1. The van der Waals surface area contributed by atoms with Crippen molar-refractivity contribution in [2.75, 3.05) is 18.5 Å². The number of nitrogens with zero attached hydrogens (tertiary/aromatic N) is 4. The van der Waals surface area contributed by atoms with Gasteiger partial charge in [-0.3, -0.25) is 19.7 Å². The number of ether oxygens (including phenoxy) is 2. The zero-order chi connectivity index (χ0) is 33.7. The molecule has 0 aliphatic rings. The molecule has 47 heavy (non-hydrogen) atoms. The van der Waals surface area contributed by atoms with E-state index in [0.717, 1.165) is 16.9 Å². The molecule has 0 bridgehead atoms. The Morgan fingerprint density at radius 2 is 1.81 bits per heavy atom. The van der Waals surface area contributed by atoms with Gasteiger partial charge in [0.1, 0.15) is 5.75 Å². The third kappa shape index (κ3) is 7.31. The summed E-state index contributed by atoms with van der Waals surface area (Å²) >= 11 is 6.43. The van der Waals surface area contributed by atoms with Crippen molar-refractivity contribution in [1.82, 2.24) is 9.66 Å². The summed E-state index contributed by atoms with van der Waals surface area (Å²) in [5, 5.41) is 19.4. The Hall–Kier alpha value is -5.55. The second-order valence-electron chi connectivity index (χ2n) is 10.9. The number of anilines is 1. The number of hydrogen-bond donors (Lipinski definition) is 1. The minimum atomic E-state index is -0.667. The zero-order valence-corrected chi connectivity index (χ0v) is 26.9. The number of nitro groups is 1. The Balaban J connectivity index is 1.55.